The fourth-order valence-corrected chi connectivity index (χ4v) is 1.14. The van der Waals surface area contributed by atoms with Crippen molar-refractivity contribution in [2.45, 2.75) is 20.0 Å². The smallest absolute Gasteiger partial charge is 0.494 e. The maximum atomic E-state index is 12.7. The van der Waals surface area contributed by atoms with Gasteiger partial charge in [0.15, 0.2) is 0 Å². The monoisotopic (exact) mass is 260 g/mol. The molecule has 0 unspecified atom stereocenters. The molecule has 0 N–H and O–H groups in total. The van der Waals surface area contributed by atoms with E-state index < -0.39 is 18.3 Å². The van der Waals surface area contributed by atoms with Crippen LogP contribution in [0, 0.1) is 5.82 Å². The predicted octanol–water partition coefficient (Wildman–Crippen LogP) is -0.329. The summed E-state index contributed by atoms with van der Waals surface area (Å²) in [6, 6.07) is 2.40. The largest absolute Gasteiger partial charge is 1.00 e. The van der Waals surface area contributed by atoms with Crippen molar-refractivity contribution in [2.75, 3.05) is 0 Å². The summed E-state index contributed by atoms with van der Waals surface area (Å²) in [5.41, 5.74) is -1.02. The molecule has 0 aliphatic carbocycles. The zero-order valence-corrected chi connectivity index (χ0v) is 12.4. The minimum Gasteiger partial charge on any atom is -0.494 e. The van der Waals surface area contributed by atoms with Gasteiger partial charge in [0.1, 0.15) is 5.82 Å². The van der Waals surface area contributed by atoms with E-state index in [1.807, 2.05) is 0 Å². The van der Waals surface area contributed by atoms with Gasteiger partial charge in [-0.3, -0.25) is 0 Å². The summed E-state index contributed by atoms with van der Waals surface area (Å²) in [6.07, 6.45) is -0.382. The molecule has 0 aliphatic heterocycles. The Morgan fingerprint density at radius 3 is 2.19 bits per heavy atom. The van der Waals surface area contributed by atoms with Gasteiger partial charge in [-0.2, -0.15) is 0 Å². The SMILES string of the molecule is CC(C)Oc1ccc(F)cc1[B-](F)(F)F.[K+]. The molecule has 0 atom stereocenters. The van der Waals surface area contributed by atoms with Gasteiger partial charge in [-0.25, -0.2) is 4.39 Å². The van der Waals surface area contributed by atoms with E-state index in [-0.39, 0.29) is 63.2 Å². The van der Waals surface area contributed by atoms with Gasteiger partial charge in [-0.15, -0.1) is 0 Å². The van der Waals surface area contributed by atoms with Crippen molar-refractivity contribution >= 4 is 12.4 Å². The summed E-state index contributed by atoms with van der Waals surface area (Å²) in [5.74, 6) is -1.24. The van der Waals surface area contributed by atoms with Crippen LogP contribution in [0.25, 0.3) is 0 Å². The van der Waals surface area contributed by atoms with E-state index in [1.165, 1.54) is 0 Å². The number of hydrogen-bond acceptors (Lipinski definition) is 1. The fraction of sp³-hybridized carbons (Fsp3) is 0.333. The molecule has 7 heteroatoms. The van der Waals surface area contributed by atoms with Gasteiger partial charge in [0.25, 0.3) is 0 Å². The van der Waals surface area contributed by atoms with Crippen LogP contribution in [0.4, 0.5) is 17.3 Å². The molecule has 0 saturated heterocycles. The van der Waals surface area contributed by atoms with Gasteiger partial charge < -0.3 is 17.7 Å². The van der Waals surface area contributed by atoms with E-state index in [9.17, 15) is 17.3 Å². The zero-order valence-electron chi connectivity index (χ0n) is 9.31. The van der Waals surface area contributed by atoms with Crippen LogP contribution in [0.15, 0.2) is 18.2 Å². The molecule has 0 radical (unpaired) electrons. The third-order valence-corrected chi connectivity index (χ3v) is 1.69. The van der Waals surface area contributed by atoms with Crippen LogP contribution in [0.5, 0.6) is 5.75 Å². The maximum absolute atomic E-state index is 12.7. The van der Waals surface area contributed by atoms with E-state index in [1.54, 1.807) is 13.8 Å². The second-order valence-corrected chi connectivity index (χ2v) is 3.42. The first-order valence-electron chi connectivity index (χ1n) is 4.46. The summed E-state index contributed by atoms with van der Waals surface area (Å²) >= 11 is 0. The Labute approximate surface area is 134 Å². The average Bonchev–Trinajstić information content (AvgIpc) is 2.05. The van der Waals surface area contributed by atoms with Crippen LogP contribution in [0.1, 0.15) is 13.8 Å². The Morgan fingerprint density at radius 1 is 1.19 bits per heavy atom. The van der Waals surface area contributed by atoms with Crippen molar-refractivity contribution in [1.82, 2.24) is 0 Å². The van der Waals surface area contributed by atoms with Gasteiger partial charge in [0, 0.05) is 0 Å². The molecule has 0 aromatic heterocycles. The molecular formula is C9H10BF4KO. The Bertz CT molecular complexity index is 354. The molecule has 0 spiro atoms. The topological polar surface area (TPSA) is 9.23 Å². The summed E-state index contributed by atoms with van der Waals surface area (Å²) in [6.45, 7) is -2.04. The van der Waals surface area contributed by atoms with E-state index >= 15 is 0 Å². The van der Waals surface area contributed by atoms with E-state index in [4.69, 9.17) is 4.74 Å². The van der Waals surface area contributed by atoms with Crippen LogP contribution in [-0.2, 0) is 0 Å². The third-order valence-electron chi connectivity index (χ3n) is 1.69. The molecule has 0 fully saturated rings. The molecule has 0 heterocycles. The van der Waals surface area contributed by atoms with Crippen molar-refractivity contribution in [3.63, 3.8) is 0 Å². The molecule has 16 heavy (non-hydrogen) atoms. The molecule has 0 amide bonds. The number of ether oxygens (including phenoxy) is 1. The Kier molecular flexibility index (Phi) is 6.57. The van der Waals surface area contributed by atoms with E-state index in [0.29, 0.717) is 6.07 Å². The minimum absolute atomic E-state index is 0. The van der Waals surface area contributed by atoms with Crippen LogP contribution in [0.2, 0.25) is 0 Å². The Hall–Kier alpha value is 0.441. The van der Waals surface area contributed by atoms with E-state index in [2.05, 4.69) is 0 Å². The van der Waals surface area contributed by atoms with Crippen molar-refractivity contribution in [3.8, 4) is 5.75 Å². The normalized spacial score (nSPS) is 11.2. The number of rotatable bonds is 3. The van der Waals surface area contributed by atoms with Crippen molar-refractivity contribution in [2.24, 2.45) is 0 Å². The minimum atomic E-state index is -5.25. The number of halogens is 4. The zero-order chi connectivity index (χ0) is 11.6. The Balaban J connectivity index is 0.00000225. The Morgan fingerprint density at radius 2 is 1.75 bits per heavy atom. The average molecular weight is 260 g/mol. The van der Waals surface area contributed by atoms with Gasteiger partial charge >= 0.3 is 58.4 Å². The number of hydrogen-bond donors (Lipinski definition) is 0. The van der Waals surface area contributed by atoms with Crippen LogP contribution >= 0.6 is 0 Å². The second kappa shape index (κ2) is 6.39. The molecule has 1 aromatic carbocycles. The molecule has 84 valence electrons. The first kappa shape index (κ1) is 16.4. The molecule has 0 saturated carbocycles. The quantitative estimate of drug-likeness (QED) is 0.534. The first-order valence-corrected chi connectivity index (χ1v) is 4.46. The van der Waals surface area contributed by atoms with Crippen LogP contribution in [-0.4, -0.2) is 13.1 Å². The van der Waals surface area contributed by atoms with Crippen LogP contribution < -0.4 is 61.6 Å². The van der Waals surface area contributed by atoms with Gasteiger partial charge in [0.2, 0.25) is 0 Å². The molecule has 0 aliphatic rings. The molecule has 1 rings (SSSR count). The van der Waals surface area contributed by atoms with Crippen LogP contribution in [0.3, 0.4) is 0 Å². The summed E-state index contributed by atoms with van der Waals surface area (Å²) in [7, 11) is 0. The second-order valence-electron chi connectivity index (χ2n) is 3.42. The maximum Gasteiger partial charge on any atom is 1.00 e. The molecule has 0 bridgehead atoms. The predicted molar refractivity (Wildman–Crippen MR) is 50.9 cm³/mol. The fourth-order valence-electron chi connectivity index (χ4n) is 1.14. The van der Waals surface area contributed by atoms with Gasteiger partial charge in [-0.1, -0.05) is 5.46 Å². The van der Waals surface area contributed by atoms with Crippen molar-refractivity contribution in [1.29, 1.82) is 0 Å². The molecule has 1 nitrogen and oxygen atoms in total. The van der Waals surface area contributed by atoms with Crippen molar-refractivity contribution in [3.05, 3.63) is 24.0 Å². The summed E-state index contributed by atoms with van der Waals surface area (Å²) in [5, 5.41) is 0. The third kappa shape index (κ3) is 4.75. The van der Waals surface area contributed by atoms with Gasteiger partial charge in [0.05, 0.1) is 11.9 Å². The van der Waals surface area contributed by atoms with E-state index in [0.717, 1.165) is 12.1 Å². The van der Waals surface area contributed by atoms with Crippen molar-refractivity contribution < 1.29 is 73.5 Å². The number of benzene rings is 1. The molecule has 1 aromatic rings. The summed E-state index contributed by atoms with van der Waals surface area (Å²) in [4.78, 5) is 0. The van der Waals surface area contributed by atoms with Gasteiger partial charge in [-0.05, 0) is 32.0 Å². The first-order chi connectivity index (χ1) is 6.80. The molecular weight excluding hydrogens is 250 g/mol. The standard InChI is InChI=1S/C9H10BF4O.K/c1-6(2)15-9-4-3-7(11)5-8(9)10(12,13)14;/h3-6H,1-2H3;/q-1;+1. The summed E-state index contributed by atoms with van der Waals surface area (Å²) < 4.78 is 55.1.